The quantitative estimate of drug-likeness (QED) is 0.840. The molecule has 0 spiro atoms. The summed E-state index contributed by atoms with van der Waals surface area (Å²) in [4.78, 5) is 2.28. The van der Waals surface area contributed by atoms with E-state index in [0.29, 0.717) is 25.3 Å². The van der Waals surface area contributed by atoms with Crippen LogP contribution in [-0.2, 0) is 0 Å². The first-order valence-electron chi connectivity index (χ1n) is 7.46. The fourth-order valence-electron chi connectivity index (χ4n) is 3.86. The third-order valence-electron chi connectivity index (χ3n) is 4.98. The zero-order valence-corrected chi connectivity index (χ0v) is 11.6. The number of nitrogens with two attached hydrogens (primary N) is 1. The Kier molecular flexibility index (Phi) is 4.77. The maximum atomic E-state index is 12.9. The normalized spacial score (nSPS) is 38.4. The second-order valence-corrected chi connectivity index (χ2v) is 6.22. The Morgan fingerprint density at radius 3 is 2.53 bits per heavy atom. The minimum absolute atomic E-state index is 0.0803. The lowest BCUT2D eigenvalue weighted by atomic mass is 9.81. The molecule has 1 saturated carbocycles. The molecule has 5 heteroatoms. The van der Waals surface area contributed by atoms with Gasteiger partial charge in [-0.05, 0) is 44.6 Å². The largest absolute Gasteiger partial charge is 0.391 e. The molecule has 2 N–H and O–H groups in total. The van der Waals surface area contributed by atoms with Crippen molar-refractivity contribution in [2.24, 2.45) is 17.6 Å². The zero-order chi connectivity index (χ0) is 14.0. The van der Waals surface area contributed by atoms with E-state index in [1.165, 1.54) is 0 Å². The van der Waals surface area contributed by atoms with Crippen molar-refractivity contribution in [2.75, 3.05) is 13.1 Å². The van der Waals surface area contributed by atoms with Crippen molar-refractivity contribution in [3.8, 4) is 0 Å². The first kappa shape index (κ1) is 15.1. The molecule has 4 atom stereocenters. The topological polar surface area (TPSA) is 29.3 Å². The maximum Gasteiger partial charge on any atom is 0.391 e. The molecule has 19 heavy (non-hydrogen) atoms. The summed E-state index contributed by atoms with van der Waals surface area (Å²) in [5.74, 6) is -0.605. The molecule has 1 heterocycles. The summed E-state index contributed by atoms with van der Waals surface area (Å²) in [6.45, 7) is 3.66. The smallest absolute Gasteiger partial charge is 0.329 e. The second-order valence-electron chi connectivity index (χ2n) is 6.22. The van der Waals surface area contributed by atoms with Crippen LogP contribution in [0.15, 0.2) is 0 Å². The van der Waals surface area contributed by atoms with Crippen molar-refractivity contribution < 1.29 is 13.2 Å². The zero-order valence-electron chi connectivity index (χ0n) is 11.6. The summed E-state index contributed by atoms with van der Waals surface area (Å²) < 4.78 is 38.7. The van der Waals surface area contributed by atoms with Gasteiger partial charge in [-0.2, -0.15) is 13.2 Å². The second kappa shape index (κ2) is 6.00. The molecule has 0 aromatic carbocycles. The highest BCUT2D eigenvalue weighted by Crippen LogP contribution is 2.40. The summed E-state index contributed by atoms with van der Waals surface area (Å²) in [6.07, 6.45) is 0.368. The number of hydrogen-bond acceptors (Lipinski definition) is 2. The Balaban J connectivity index is 2.03. The van der Waals surface area contributed by atoms with Gasteiger partial charge in [-0.1, -0.05) is 13.3 Å². The highest BCUT2D eigenvalue weighted by molar-refractivity contribution is 4.91. The van der Waals surface area contributed by atoms with Gasteiger partial charge < -0.3 is 5.73 Å². The van der Waals surface area contributed by atoms with E-state index in [0.717, 1.165) is 25.8 Å². The predicted molar refractivity (Wildman–Crippen MR) is 69.7 cm³/mol. The van der Waals surface area contributed by atoms with Crippen molar-refractivity contribution in [1.82, 2.24) is 4.90 Å². The van der Waals surface area contributed by atoms with Crippen LogP contribution in [0.1, 0.15) is 45.4 Å². The van der Waals surface area contributed by atoms with E-state index in [2.05, 4.69) is 11.8 Å². The van der Waals surface area contributed by atoms with Gasteiger partial charge >= 0.3 is 6.18 Å². The summed E-state index contributed by atoms with van der Waals surface area (Å²) >= 11 is 0. The first-order chi connectivity index (χ1) is 8.93. The first-order valence-corrected chi connectivity index (χ1v) is 7.46. The molecule has 2 fully saturated rings. The Hall–Kier alpha value is -0.290. The predicted octanol–water partition coefficient (Wildman–Crippen LogP) is 3.17. The molecule has 1 aliphatic carbocycles. The number of hydrogen-bond donors (Lipinski definition) is 1. The van der Waals surface area contributed by atoms with Gasteiger partial charge in [-0.15, -0.1) is 0 Å². The molecule has 1 aliphatic heterocycles. The fourth-order valence-corrected chi connectivity index (χ4v) is 3.86. The average Bonchev–Trinajstić information content (AvgIpc) is 2.37. The molecular formula is C14H25F3N2. The number of rotatable bonds is 2. The van der Waals surface area contributed by atoms with E-state index >= 15 is 0 Å². The molecule has 2 nitrogen and oxygen atoms in total. The van der Waals surface area contributed by atoms with Gasteiger partial charge in [0.05, 0.1) is 5.92 Å². The highest BCUT2D eigenvalue weighted by Gasteiger charge is 2.44. The molecule has 1 saturated heterocycles. The molecule has 0 amide bonds. The number of nitrogens with zero attached hydrogens (tertiary/aromatic N) is 1. The molecule has 112 valence electrons. The van der Waals surface area contributed by atoms with Crippen molar-refractivity contribution >= 4 is 0 Å². The Bertz CT molecular complexity index is 293. The van der Waals surface area contributed by atoms with Crippen LogP contribution >= 0.6 is 0 Å². The molecule has 2 rings (SSSR count). The van der Waals surface area contributed by atoms with Crippen molar-refractivity contribution in [3.63, 3.8) is 0 Å². The van der Waals surface area contributed by atoms with Crippen LogP contribution < -0.4 is 5.73 Å². The standard InChI is InChI=1S/C14H25F3N2/c1-10-4-3-7-19(13(10)9-18)12-6-2-5-11(8-12)14(15,16)17/h10-13H,2-9,18H2,1H3. The van der Waals surface area contributed by atoms with Gasteiger partial charge in [-0.25, -0.2) is 0 Å². The lowest BCUT2D eigenvalue weighted by Gasteiger charge is -2.46. The van der Waals surface area contributed by atoms with Gasteiger partial charge in [0.25, 0.3) is 0 Å². The molecule has 0 radical (unpaired) electrons. The van der Waals surface area contributed by atoms with Crippen molar-refractivity contribution in [3.05, 3.63) is 0 Å². The van der Waals surface area contributed by atoms with Crippen LogP contribution in [0.4, 0.5) is 13.2 Å². The lowest BCUT2D eigenvalue weighted by molar-refractivity contribution is -0.188. The van der Waals surface area contributed by atoms with Crippen LogP contribution in [0.25, 0.3) is 0 Å². The third-order valence-corrected chi connectivity index (χ3v) is 4.98. The molecule has 0 aromatic rings. The SMILES string of the molecule is CC1CCCN(C2CCCC(C(F)(F)F)C2)C1CN. The summed E-state index contributed by atoms with van der Waals surface area (Å²) in [5.41, 5.74) is 5.85. The molecule has 0 aromatic heterocycles. The molecule has 4 unspecified atom stereocenters. The summed E-state index contributed by atoms with van der Waals surface area (Å²) in [6, 6.07) is 0.349. The van der Waals surface area contributed by atoms with Crippen molar-refractivity contribution in [2.45, 2.75) is 63.7 Å². The van der Waals surface area contributed by atoms with Crippen LogP contribution in [0.5, 0.6) is 0 Å². The van der Waals surface area contributed by atoms with Gasteiger partial charge in [0, 0.05) is 18.6 Å². The minimum Gasteiger partial charge on any atom is -0.329 e. The lowest BCUT2D eigenvalue weighted by Crippen LogP contribution is -2.54. The van der Waals surface area contributed by atoms with Gasteiger partial charge in [0.1, 0.15) is 0 Å². The van der Waals surface area contributed by atoms with Crippen LogP contribution in [0.3, 0.4) is 0 Å². The van der Waals surface area contributed by atoms with E-state index in [-0.39, 0.29) is 18.5 Å². The highest BCUT2D eigenvalue weighted by atomic mass is 19.4. The van der Waals surface area contributed by atoms with Gasteiger partial charge in [0.15, 0.2) is 0 Å². The molecular weight excluding hydrogens is 253 g/mol. The van der Waals surface area contributed by atoms with E-state index in [1.54, 1.807) is 0 Å². The summed E-state index contributed by atoms with van der Waals surface area (Å²) in [5, 5.41) is 0. The number of piperidine rings is 1. The molecule has 2 aliphatic rings. The van der Waals surface area contributed by atoms with Crippen LogP contribution in [0, 0.1) is 11.8 Å². The molecule has 0 bridgehead atoms. The minimum atomic E-state index is -4.03. The Morgan fingerprint density at radius 1 is 1.16 bits per heavy atom. The van der Waals surface area contributed by atoms with E-state index in [9.17, 15) is 13.2 Å². The van der Waals surface area contributed by atoms with Gasteiger partial charge in [-0.3, -0.25) is 4.90 Å². The third kappa shape index (κ3) is 3.43. The van der Waals surface area contributed by atoms with E-state index in [4.69, 9.17) is 5.73 Å². The Labute approximate surface area is 113 Å². The average molecular weight is 278 g/mol. The van der Waals surface area contributed by atoms with E-state index in [1.807, 2.05) is 0 Å². The number of halogens is 3. The van der Waals surface area contributed by atoms with Crippen molar-refractivity contribution in [1.29, 1.82) is 0 Å². The van der Waals surface area contributed by atoms with Gasteiger partial charge in [0.2, 0.25) is 0 Å². The number of alkyl halides is 3. The Morgan fingerprint density at radius 2 is 1.89 bits per heavy atom. The van der Waals surface area contributed by atoms with Crippen LogP contribution in [0.2, 0.25) is 0 Å². The number of likely N-dealkylation sites (tertiary alicyclic amines) is 1. The maximum absolute atomic E-state index is 12.9. The van der Waals surface area contributed by atoms with E-state index < -0.39 is 12.1 Å². The monoisotopic (exact) mass is 278 g/mol. The fraction of sp³-hybridized carbons (Fsp3) is 1.00. The summed E-state index contributed by atoms with van der Waals surface area (Å²) in [7, 11) is 0. The van der Waals surface area contributed by atoms with Crippen LogP contribution in [-0.4, -0.2) is 36.2 Å².